The Morgan fingerprint density at radius 3 is 2.84 bits per heavy atom. The van der Waals surface area contributed by atoms with Crippen LogP contribution in [0.2, 0.25) is 0 Å². The van der Waals surface area contributed by atoms with Gasteiger partial charge in [-0.2, -0.15) is 5.26 Å². The smallest absolute Gasteiger partial charge is 0.335 e. The van der Waals surface area contributed by atoms with Gasteiger partial charge in [0.05, 0.1) is 12.1 Å². The van der Waals surface area contributed by atoms with Crippen LogP contribution >= 0.6 is 0 Å². The number of aromatic carboxylic acids is 1. The maximum absolute atomic E-state index is 11.7. The van der Waals surface area contributed by atoms with Crippen molar-refractivity contribution in [1.29, 1.82) is 5.26 Å². The van der Waals surface area contributed by atoms with Crippen molar-refractivity contribution in [2.75, 3.05) is 0 Å². The van der Waals surface area contributed by atoms with Gasteiger partial charge in [-0.3, -0.25) is 4.79 Å². The molecule has 0 radical (unpaired) electrons. The van der Waals surface area contributed by atoms with Gasteiger partial charge in [-0.05, 0) is 23.8 Å². The van der Waals surface area contributed by atoms with E-state index in [1.807, 2.05) is 6.07 Å². The first-order chi connectivity index (χ1) is 9.10. The molecular formula is C13H9N3O3. The number of hydrogen-bond acceptors (Lipinski definition) is 4. The number of pyridine rings is 2. The summed E-state index contributed by atoms with van der Waals surface area (Å²) in [4.78, 5) is 26.3. The van der Waals surface area contributed by atoms with E-state index >= 15 is 0 Å². The van der Waals surface area contributed by atoms with Crippen molar-refractivity contribution in [2.45, 2.75) is 6.54 Å². The molecule has 0 saturated carbocycles. The van der Waals surface area contributed by atoms with Gasteiger partial charge in [-0.15, -0.1) is 0 Å². The monoisotopic (exact) mass is 255 g/mol. The highest BCUT2D eigenvalue weighted by molar-refractivity contribution is 5.87. The zero-order valence-electron chi connectivity index (χ0n) is 9.78. The molecule has 2 rings (SSSR count). The van der Waals surface area contributed by atoms with Crippen LogP contribution in [0.25, 0.3) is 0 Å². The number of carboxylic acids is 1. The Balaban J connectivity index is 2.31. The lowest BCUT2D eigenvalue weighted by Gasteiger charge is -2.06. The molecule has 0 aliphatic carbocycles. The second-order valence-corrected chi connectivity index (χ2v) is 3.85. The Morgan fingerprint density at radius 2 is 2.21 bits per heavy atom. The number of rotatable bonds is 3. The van der Waals surface area contributed by atoms with Crippen LogP contribution in [0, 0.1) is 11.3 Å². The second-order valence-electron chi connectivity index (χ2n) is 3.85. The van der Waals surface area contributed by atoms with Gasteiger partial charge in [-0.1, -0.05) is 0 Å². The number of nitriles is 1. The molecule has 1 N–H and O–H groups in total. The summed E-state index contributed by atoms with van der Waals surface area (Å²) in [6, 6.07) is 7.61. The fraction of sp³-hybridized carbons (Fsp3) is 0.0769. The van der Waals surface area contributed by atoms with Gasteiger partial charge in [0.2, 0.25) is 0 Å². The number of carboxylic acid groups (broad SMARTS) is 1. The van der Waals surface area contributed by atoms with Crippen LogP contribution in [0.4, 0.5) is 0 Å². The number of nitrogens with zero attached hydrogens (tertiary/aromatic N) is 3. The van der Waals surface area contributed by atoms with Gasteiger partial charge in [0, 0.05) is 18.5 Å². The summed E-state index contributed by atoms with van der Waals surface area (Å²) in [6.07, 6.45) is 2.91. The van der Waals surface area contributed by atoms with E-state index < -0.39 is 11.5 Å². The van der Waals surface area contributed by atoms with E-state index in [0.29, 0.717) is 0 Å². The minimum atomic E-state index is -1.14. The zero-order valence-corrected chi connectivity index (χ0v) is 9.78. The summed E-state index contributed by atoms with van der Waals surface area (Å²) in [5, 5.41) is 17.5. The lowest BCUT2D eigenvalue weighted by Crippen LogP contribution is -2.20. The molecule has 6 nitrogen and oxygen atoms in total. The average Bonchev–Trinajstić information content (AvgIpc) is 2.41. The summed E-state index contributed by atoms with van der Waals surface area (Å²) in [5.41, 5.74) is 0.563. The highest BCUT2D eigenvalue weighted by Crippen LogP contribution is 2.03. The summed E-state index contributed by atoms with van der Waals surface area (Å²) < 4.78 is 1.36. The van der Waals surface area contributed by atoms with Crippen LogP contribution in [0.5, 0.6) is 0 Å². The van der Waals surface area contributed by atoms with Crippen molar-refractivity contribution in [3.63, 3.8) is 0 Å². The van der Waals surface area contributed by atoms with Crippen molar-refractivity contribution in [1.82, 2.24) is 9.55 Å². The van der Waals surface area contributed by atoms with Crippen molar-refractivity contribution >= 4 is 5.97 Å². The molecule has 2 aromatic rings. The third-order valence-electron chi connectivity index (χ3n) is 2.53. The molecule has 0 aliphatic heterocycles. The van der Waals surface area contributed by atoms with Crippen molar-refractivity contribution in [2.24, 2.45) is 0 Å². The molecular weight excluding hydrogens is 246 g/mol. The van der Waals surface area contributed by atoms with Crippen molar-refractivity contribution in [3.8, 4) is 6.07 Å². The van der Waals surface area contributed by atoms with E-state index in [4.69, 9.17) is 10.4 Å². The fourth-order valence-corrected chi connectivity index (χ4v) is 1.60. The molecule has 0 aliphatic rings. The molecule has 0 bridgehead atoms. The maximum Gasteiger partial charge on any atom is 0.335 e. The summed E-state index contributed by atoms with van der Waals surface area (Å²) in [7, 11) is 0. The first-order valence-electron chi connectivity index (χ1n) is 5.39. The largest absolute Gasteiger partial charge is 0.478 e. The topological polar surface area (TPSA) is 96.0 Å². The summed E-state index contributed by atoms with van der Waals surface area (Å²) in [6.45, 7) is 0.260. The van der Waals surface area contributed by atoms with Crippen LogP contribution < -0.4 is 5.56 Å². The Morgan fingerprint density at radius 1 is 1.42 bits per heavy atom. The van der Waals surface area contributed by atoms with Crippen LogP contribution in [0.15, 0.2) is 41.5 Å². The molecule has 0 amide bonds. The quantitative estimate of drug-likeness (QED) is 0.877. The normalized spacial score (nSPS) is 9.84. The predicted molar refractivity (Wildman–Crippen MR) is 65.7 cm³/mol. The van der Waals surface area contributed by atoms with Gasteiger partial charge in [-0.25, -0.2) is 9.78 Å². The van der Waals surface area contributed by atoms with E-state index in [2.05, 4.69) is 4.98 Å². The fourth-order valence-electron chi connectivity index (χ4n) is 1.60. The Labute approximate surface area is 108 Å². The molecule has 2 heterocycles. The first-order valence-corrected chi connectivity index (χ1v) is 5.39. The first kappa shape index (κ1) is 12.5. The van der Waals surface area contributed by atoms with Crippen LogP contribution in [0.3, 0.4) is 0 Å². The number of aromatic nitrogens is 2. The van der Waals surface area contributed by atoms with Gasteiger partial charge in [0.15, 0.2) is 0 Å². The molecule has 19 heavy (non-hydrogen) atoms. The molecule has 94 valence electrons. The molecule has 0 atom stereocenters. The molecule has 0 saturated heterocycles. The standard InChI is InChI=1S/C13H9N3O3/c14-7-11-5-9(1-3-15-11)8-16-4-2-10(13(18)19)6-12(16)17/h1-6H,8H2,(H,18,19). The maximum atomic E-state index is 11.7. The van der Waals surface area contributed by atoms with E-state index in [0.717, 1.165) is 11.6 Å². The Bertz CT molecular complexity index is 728. The molecule has 6 heteroatoms. The van der Waals surface area contributed by atoms with E-state index in [1.54, 1.807) is 12.1 Å². The average molecular weight is 255 g/mol. The van der Waals surface area contributed by atoms with Crippen LogP contribution in [-0.4, -0.2) is 20.6 Å². The lowest BCUT2D eigenvalue weighted by molar-refractivity contribution is 0.0696. The van der Waals surface area contributed by atoms with Crippen LogP contribution in [0.1, 0.15) is 21.6 Å². The SMILES string of the molecule is N#Cc1cc(Cn2ccc(C(=O)O)cc2=O)ccn1. The van der Waals surface area contributed by atoms with E-state index in [9.17, 15) is 9.59 Å². The van der Waals surface area contributed by atoms with Gasteiger partial charge in [0.1, 0.15) is 11.8 Å². The molecule has 2 aromatic heterocycles. The third kappa shape index (κ3) is 2.84. The summed E-state index contributed by atoms with van der Waals surface area (Å²) >= 11 is 0. The van der Waals surface area contributed by atoms with Gasteiger partial charge in [0.25, 0.3) is 5.56 Å². The minimum absolute atomic E-state index is 0.0475. The van der Waals surface area contributed by atoms with Crippen molar-refractivity contribution in [3.05, 3.63) is 63.8 Å². The van der Waals surface area contributed by atoms with Crippen LogP contribution in [-0.2, 0) is 6.54 Å². The van der Waals surface area contributed by atoms with E-state index in [1.165, 1.54) is 23.0 Å². The summed E-state index contributed by atoms with van der Waals surface area (Å²) in [5.74, 6) is -1.14. The van der Waals surface area contributed by atoms with Crippen molar-refractivity contribution < 1.29 is 9.90 Å². The Kier molecular flexibility index (Phi) is 3.39. The predicted octanol–water partition coefficient (Wildman–Crippen LogP) is 0.861. The van der Waals surface area contributed by atoms with E-state index in [-0.39, 0.29) is 17.8 Å². The molecule has 0 aromatic carbocycles. The highest BCUT2D eigenvalue weighted by atomic mass is 16.4. The second kappa shape index (κ2) is 5.14. The third-order valence-corrected chi connectivity index (χ3v) is 2.53. The highest BCUT2D eigenvalue weighted by Gasteiger charge is 2.05. The minimum Gasteiger partial charge on any atom is -0.478 e. The number of carbonyl (C=O) groups is 1. The zero-order chi connectivity index (χ0) is 13.8. The molecule has 0 fully saturated rings. The van der Waals surface area contributed by atoms with Gasteiger partial charge >= 0.3 is 5.97 Å². The van der Waals surface area contributed by atoms with Gasteiger partial charge < -0.3 is 9.67 Å². The lowest BCUT2D eigenvalue weighted by atomic mass is 10.2. The Hall–Kier alpha value is -2.94. The molecule has 0 unspecified atom stereocenters. The number of hydrogen-bond donors (Lipinski definition) is 1. The molecule has 0 spiro atoms.